The molecule has 0 amide bonds. The minimum absolute atomic E-state index is 0.102. The summed E-state index contributed by atoms with van der Waals surface area (Å²) in [4.78, 5) is 4.05. The van der Waals surface area contributed by atoms with Gasteiger partial charge in [0, 0.05) is 19.0 Å². The van der Waals surface area contributed by atoms with Crippen molar-refractivity contribution in [3.63, 3.8) is 0 Å². The fourth-order valence-corrected chi connectivity index (χ4v) is 1.91. The third-order valence-electron chi connectivity index (χ3n) is 2.64. The van der Waals surface area contributed by atoms with Crippen molar-refractivity contribution < 1.29 is 8.78 Å². The number of pyridine rings is 1. The molecule has 0 aromatic carbocycles. The molecule has 1 heterocycles. The van der Waals surface area contributed by atoms with E-state index in [1.807, 2.05) is 0 Å². The van der Waals surface area contributed by atoms with E-state index >= 15 is 0 Å². The molecule has 0 atom stereocenters. The highest BCUT2D eigenvalue weighted by molar-refractivity contribution is 9.10. The summed E-state index contributed by atoms with van der Waals surface area (Å²) in [6, 6.07) is 1.76. The molecule has 0 saturated carbocycles. The van der Waals surface area contributed by atoms with Gasteiger partial charge in [0.15, 0.2) is 0 Å². The second-order valence-corrected chi connectivity index (χ2v) is 4.64. The first-order valence-electron chi connectivity index (χ1n) is 4.96. The molecule has 0 radical (unpaired) electrons. The normalized spacial score (nSPS) is 19.3. The summed E-state index contributed by atoms with van der Waals surface area (Å²) in [5, 5.41) is 0. The molecule has 5 heteroatoms. The van der Waals surface area contributed by atoms with Crippen molar-refractivity contribution in [1.82, 2.24) is 4.98 Å². The second-order valence-electron chi connectivity index (χ2n) is 3.89. The summed E-state index contributed by atoms with van der Waals surface area (Å²) in [6.07, 6.45) is 3.30. The monoisotopic (exact) mass is 288 g/mol. The molecule has 0 spiro atoms. The maximum atomic E-state index is 12.9. The van der Waals surface area contributed by atoms with Gasteiger partial charge in [0.1, 0.15) is 4.60 Å². The van der Waals surface area contributed by atoms with Gasteiger partial charge in [-0.05, 0) is 39.6 Å². The van der Waals surface area contributed by atoms with Crippen molar-refractivity contribution in [3.8, 4) is 0 Å². The molecule has 1 aromatic rings. The maximum absolute atomic E-state index is 12.9. The number of hydrogen-bond acceptors (Lipinski definition) is 2. The molecule has 16 heavy (non-hydrogen) atoms. The Hall–Kier alpha value is -0.970. The van der Waals surface area contributed by atoms with Crippen molar-refractivity contribution in [2.45, 2.75) is 25.2 Å². The first-order valence-corrected chi connectivity index (χ1v) is 5.75. The lowest BCUT2D eigenvalue weighted by molar-refractivity contribution is -0.00602. The molecule has 1 aliphatic carbocycles. The van der Waals surface area contributed by atoms with Gasteiger partial charge < -0.3 is 5.73 Å². The summed E-state index contributed by atoms with van der Waals surface area (Å²) < 4.78 is 26.5. The van der Waals surface area contributed by atoms with E-state index in [9.17, 15) is 8.78 Å². The molecule has 1 aromatic heterocycles. The standard InChI is InChI=1S/C11H11BrF2N2/c12-10-9(15)5-8(6-16-10)7-1-3-11(13,14)4-2-7/h1,5-6H,2-4,15H2. The van der Waals surface area contributed by atoms with Crippen LogP contribution in [0.4, 0.5) is 14.5 Å². The molecule has 0 aliphatic heterocycles. The van der Waals surface area contributed by atoms with Crippen LogP contribution in [-0.2, 0) is 0 Å². The maximum Gasteiger partial charge on any atom is 0.251 e. The van der Waals surface area contributed by atoms with Crippen LogP contribution in [0.2, 0.25) is 0 Å². The van der Waals surface area contributed by atoms with Gasteiger partial charge in [-0.15, -0.1) is 0 Å². The summed E-state index contributed by atoms with van der Waals surface area (Å²) >= 11 is 3.20. The molecule has 1 aliphatic rings. The smallest absolute Gasteiger partial charge is 0.251 e. The van der Waals surface area contributed by atoms with Crippen LogP contribution in [0.3, 0.4) is 0 Å². The van der Waals surface area contributed by atoms with E-state index in [-0.39, 0.29) is 12.8 Å². The minimum Gasteiger partial charge on any atom is -0.397 e. The Morgan fingerprint density at radius 3 is 2.75 bits per heavy atom. The molecular weight excluding hydrogens is 278 g/mol. The largest absolute Gasteiger partial charge is 0.397 e. The molecule has 2 N–H and O–H groups in total. The van der Waals surface area contributed by atoms with Crippen LogP contribution in [0.25, 0.3) is 5.57 Å². The van der Waals surface area contributed by atoms with Gasteiger partial charge in [0.25, 0.3) is 5.92 Å². The predicted octanol–water partition coefficient (Wildman–Crippen LogP) is 3.63. The zero-order valence-corrected chi connectivity index (χ0v) is 10.1. The molecule has 0 saturated heterocycles. The second kappa shape index (κ2) is 4.13. The third-order valence-corrected chi connectivity index (χ3v) is 3.31. The topological polar surface area (TPSA) is 38.9 Å². The van der Waals surface area contributed by atoms with Crippen LogP contribution in [0.5, 0.6) is 0 Å². The lowest BCUT2D eigenvalue weighted by atomic mass is 9.92. The number of rotatable bonds is 1. The van der Waals surface area contributed by atoms with Crippen LogP contribution >= 0.6 is 15.9 Å². The minimum atomic E-state index is -2.56. The first-order chi connectivity index (χ1) is 7.48. The number of allylic oxidation sites excluding steroid dienone is 2. The van der Waals surface area contributed by atoms with Gasteiger partial charge in [0.05, 0.1) is 5.69 Å². The Kier molecular flexibility index (Phi) is 2.97. The summed E-state index contributed by atoms with van der Waals surface area (Å²) in [6.45, 7) is 0. The van der Waals surface area contributed by atoms with Crippen molar-refractivity contribution in [2.75, 3.05) is 5.73 Å². The van der Waals surface area contributed by atoms with E-state index < -0.39 is 5.92 Å². The summed E-state index contributed by atoms with van der Waals surface area (Å²) in [5.74, 6) is -2.56. The highest BCUT2D eigenvalue weighted by atomic mass is 79.9. The van der Waals surface area contributed by atoms with Crippen LogP contribution in [0.15, 0.2) is 22.9 Å². The van der Waals surface area contributed by atoms with Crippen LogP contribution in [0, 0.1) is 0 Å². The Bertz CT molecular complexity index is 444. The van der Waals surface area contributed by atoms with Gasteiger partial charge in [-0.1, -0.05) is 6.08 Å². The average Bonchev–Trinajstić information content (AvgIpc) is 2.22. The molecule has 86 valence electrons. The first kappa shape index (κ1) is 11.5. The third kappa shape index (κ3) is 2.40. The number of anilines is 1. The lowest BCUT2D eigenvalue weighted by Crippen LogP contribution is -2.18. The van der Waals surface area contributed by atoms with E-state index in [0.29, 0.717) is 16.7 Å². The Labute approximate surface area is 101 Å². The molecular formula is C11H11BrF2N2. The molecule has 2 rings (SSSR count). The lowest BCUT2D eigenvalue weighted by Gasteiger charge is -2.21. The van der Waals surface area contributed by atoms with Crippen molar-refractivity contribution in [3.05, 3.63) is 28.5 Å². The number of nitrogen functional groups attached to an aromatic ring is 1. The van der Waals surface area contributed by atoms with E-state index in [1.54, 1.807) is 18.3 Å². The van der Waals surface area contributed by atoms with Gasteiger partial charge in [-0.3, -0.25) is 0 Å². The number of nitrogens with zero attached hydrogens (tertiary/aromatic N) is 1. The predicted molar refractivity (Wildman–Crippen MR) is 63.1 cm³/mol. The Morgan fingerprint density at radius 2 is 2.19 bits per heavy atom. The van der Waals surface area contributed by atoms with Crippen molar-refractivity contribution in [2.24, 2.45) is 0 Å². The van der Waals surface area contributed by atoms with Crippen molar-refractivity contribution in [1.29, 1.82) is 0 Å². The quantitative estimate of drug-likeness (QED) is 0.802. The Morgan fingerprint density at radius 1 is 1.44 bits per heavy atom. The fraction of sp³-hybridized carbons (Fsp3) is 0.364. The highest BCUT2D eigenvalue weighted by Gasteiger charge is 2.31. The average molecular weight is 289 g/mol. The highest BCUT2D eigenvalue weighted by Crippen LogP contribution is 2.36. The molecule has 0 bridgehead atoms. The summed E-state index contributed by atoms with van der Waals surface area (Å²) in [5.41, 5.74) is 7.95. The number of aromatic nitrogens is 1. The number of alkyl halides is 2. The van der Waals surface area contributed by atoms with Gasteiger partial charge in [-0.2, -0.15) is 0 Å². The number of halogens is 3. The molecule has 0 fully saturated rings. The fourth-order valence-electron chi connectivity index (χ4n) is 1.70. The van der Waals surface area contributed by atoms with Crippen LogP contribution in [-0.4, -0.2) is 10.9 Å². The van der Waals surface area contributed by atoms with E-state index in [4.69, 9.17) is 5.73 Å². The van der Waals surface area contributed by atoms with Crippen molar-refractivity contribution >= 4 is 27.2 Å². The zero-order valence-electron chi connectivity index (χ0n) is 8.51. The number of nitrogens with two attached hydrogens (primary N) is 1. The van der Waals surface area contributed by atoms with E-state index in [2.05, 4.69) is 20.9 Å². The van der Waals surface area contributed by atoms with Crippen LogP contribution in [0.1, 0.15) is 24.8 Å². The van der Waals surface area contributed by atoms with Gasteiger partial charge in [0.2, 0.25) is 0 Å². The van der Waals surface area contributed by atoms with E-state index in [1.165, 1.54) is 0 Å². The van der Waals surface area contributed by atoms with E-state index in [0.717, 1.165) is 11.1 Å². The van der Waals surface area contributed by atoms with Gasteiger partial charge in [-0.25, -0.2) is 13.8 Å². The zero-order chi connectivity index (χ0) is 11.8. The molecule has 0 unspecified atom stereocenters. The van der Waals surface area contributed by atoms with Crippen LogP contribution < -0.4 is 5.73 Å². The van der Waals surface area contributed by atoms with Gasteiger partial charge >= 0.3 is 0 Å². The Balaban J connectivity index is 2.26. The number of hydrogen-bond donors (Lipinski definition) is 1. The summed E-state index contributed by atoms with van der Waals surface area (Å²) in [7, 11) is 0. The SMILES string of the molecule is Nc1cc(C2=CCC(F)(F)CC2)cnc1Br. The molecule has 2 nitrogen and oxygen atoms in total.